The minimum Gasteiger partial charge on any atom is -0.493 e. The first-order chi connectivity index (χ1) is 14.5. The molecule has 158 valence electrons. The first kappa shape index (κ1) is 19.9. The van der Waals surface area contributed by atoms with Gasteiger partial charge in [-0.1, -0.05) is 0 Å². The zero-order valence-electron chi connectivity index (χ0n) is 16.3. The molecule has 2 aliphatic rings. The Hall–Kier alpha value is -3.36. The Morgan fingerprint density at radius 2 is 1.50 bits per heavy atom. The molecular formula is C21H20F2N2O5. The summed E-state index contributed by atoms with van der Waals surface area (Å²) in [4.78, 5) is 28.6. The average molecular weight is 418 g/mol. The number of rotatable bonds is 3. The highest BCUT2D eigenvalue weighted by Crippen LogP contribution is 2.40. The van der Waals surface area contributed by atoms with Crippen molar-refractivity contribution >= 4 is 11.8 Å². The molecule has 0 bridgehead atoms. The molecule has 0 saturated carbocycles. The first-order valence-electron chi connectivity index (χ1n) is 9.49. The van der Waals surface area contributed by atoms with Crippen molar-refractivity contribution < 1.29 is 32.6 Å². The van der Waals surface area contributed by atoms with Crippen molar-refractivity contribution in [2.75, 3.05) is 46.5 Å². The minimum absolute atomic E-state index is 0.0743. The van der Waals surface area contributed by atoms with Crippen molar-refractivity contribution in [1.29, 1.82) is 0 Å². The predicted molar refractivity (Wildman–Crippen MR) is 102 cm³/mol. The maximum Gasteiger partial charge on any atom is 0.254 e. The Labute approximate surface area is 171 Å². The molecule has 0 N–H and O–H groups in total. The second-order valence-corrected chi connectivity index (χ2v) is 6.92. The van der Waals surface area contributed by atoms with E-state index in [1.165, 1.54) is 18.1 Å². The van der Waals surface area contributed by atoms with Crippen LogP contribution in [0.2, 0.25) is 0 Å². The smallest absolute Gasteiger partial charge is 0.254 e. The van der Waals surface area contributed by atoms with Gasteiger partial charge in [-0.25, -0.2) is 8.78 Å². The van der Waals surface area contributed by atoms with E-state index < -0.39 is 17.5 Å². The number of carbonyl (C=O) groups excluding carboxylic acids is 2. The van der Waals surface area contributed by atoms with Gasteiger partial charge in [0.05, 0.1) is 7.11 Å². The monoisotopic (exact) mass is 418 g/mol. The number of nitrogens with zero attached hydrogens (tertiary/aromatic N) is 2. The lowest BCUT2D eigenvalue weighted by Crippen LogP contribution is -2.50. The van der Waals surface area contributed by atoms with Gasteiger partial charge in [-0.15, -0.1) is 0 Å². The average Bonchev–Trinajstić information content (AvgIpc) is 2.79. The summed E-state index contributed by atoms with van der Waals surface area (Å²) >= 11 is 0. The van der Waals surface area contributed by atoms with Gasteiger partial charge in [0.2, 0.25) is 5.75 Å². The van der Waals surface area contributed by atoms with Crippen molar-refractivity contribution in [3.63, 3.8) is 0 Å². The fourth-order valence-electron chi connectivity index (χ4n) is 3.50. The Balaban J connectivity index is 1.44. The number of fused-ring (bicyclic) bond motifs is 1. The maximum absolute atomic E-state index is 13.4. The number of benzene rings is 2. The first-order valence-corrected chi connectivity index (χ1v) is 9.49. The van der Waals surface area contributed by atoms with Crippen molar-refractivity contribution in [3.05, 3.63) is 53.1 Å². The minimum atomic E-state index is -1.07. The third-order valence-corrected chi connectivity index (χ3v) is 5.10. The molecule has 0 aliphatic carbocycles. The van der Waals surface area contributed by atoms with E-state index >= 15 is 0 Å². The number of hydrogen-bond acceptors (Lipinski definition) is 5. The Bertz CT molecular complexity index is 972. The van der Waals surface area contributed by atoms with Crippen molar-refractivity contribution in [3.8, 4) is 17.2 Å². The van der Waals surface area contributed by atoms with E-state index in [-0.39, 0.29) is 24.6 Å². The molecule has 0 spiro atoms. The molecule has 4 rings (SSSR count). The number of halogens is 2. The lowest BCUT2D eigenvalue weighted by atomic mass is 10.1. The lowest BCUT2D eigenvalue weighted by molar-refractivity contribution is 0.0534. The normalized spacial score (nSPS) is 15.7. The second-order valence-electron chi connectivity index (χ2n) is 6.92. The van der Waals surface area contributed by atoms with Gasteiger partial charge >= 0.3 is 0 Å². The molecular weight excluding hydrogens is 398 g/mol. The number of hydrogen-bond donors (Lipinski definition) is 0. The fourth-order valence-corrected chi connectivity index (χ4v) is 3.50. The van der Waals surface area contributed by atoms with Gasteiger partial charge in [0.25, 0.3) is 11.8 Å². The third kappa shape index (κ3) is 3.74. The highest BCUT2D eigenvalue weighted by Gasteiger charge is 2.28. The van der Waals surface area contributed by atoms with Gasteiger partial charge in [0, 0.05) is 37.3 Å². The zero-order chi connectivity index (χ0) is 21.3. The molecule has 30 heavy (non-hydrogen) atoms. The highest BCUT2D eigenvalue weighted by atomic mass is 19.2. The molecule has 2 aliphatic heterocycles. The van der Waals surface area contributed by atoms with Crippen LogP contribution in [0.1, 0.15) is 20.7 Å². The second kappa shape index (κ2) is 8.17. The molecule has 2 amide bonds. The van der Waals surface area contributed by atoms with E-state index in [9.17, 15) is 18.4 Å². The van der Waals surface area contributed by atoms with Gasteiger partial charge in [-0.3, -0.25) is 9.59 Å². The van der Waals surface area contributed by atoms with Crippen LogP contribution < -0.4 is 14.2 Å². The van der Waals surface area contributed by atoms with Crippen LogP contribution >= 0.6 is 0 Å². The molecule has 1 fully saturated rings. The summed E-state index contributed by atoms with van der Waals surface area (Å²) in [6.45, 7) is 1.98. The SMILES string of the molecule is COc1cc(C(=O)N2CCN(C(=O)c3ccc(F)c(F)c3)CC2)cc2c1OCCO2. The zero-order valence-corrected chi connectivity index (χ0v) is 16.3. The summed E-state index contributed by atoms with van der Waals surface area (Å²) in [5.41, 5.74) is 0.474. The Morgan fingerprint density at radius 3 is 2.13 bits per heavy atom. The summed E-state index contributed by atoms with van der Waals surface area (Å²) in [6, 6.07) is 6.29. The van der Waals surface area contributed by atoms with Crippen molar-refractivity contribution in [1.82, 2.24) is 9.80 Å². The van der Waals surface area contributed by atoms with E-state index in [0.717, 1.165) is 12.1 Å². The molecule has 0 unspecified atom stereocenters. The maximum atomic E-state index is 13.4. The predicted octanol–water partition coefficient (Wildman–Crippen LogP) is 2.34. The van der Waals surface area contributed by atoms with E-state index in [2.05, 4.69) is 0 Å². The summed E-state index contributed by atoms with van der Waals surface area (Å²) in [7, 11) is 1.49. The Kier molecular flexibility index (Phi) is 5.43. The molecule has 2 heterocycles. The van der Waals surface area contributed by atoms with Crippen LogP contribution in [0.5, 0.6) is 17.2 Å². The molecule has 7 nitrogen and oxygen atoms in total. The van der Waals surface area contributed by atoms with Crippen LogP contribution in [0.15, 0.2) is 30.3 Å². The van der Waals surface area contributed by atoms with Crippen molar-refractivity contribution in [2.45, 2.75) is 0 Å². The van der Waals surface area contributed by atoms with Gasteiger partial charge < -0.3 is 24.0 Å². The molecule has 0 radical (unpaired) electrons. The lowest BCUT2D eigenvalue weighted by Gasteiger charge is -2.35. The van der Waals surface area contributed by atoms with Crippen LogP contribution in [0.4, 0.5) is 8.78 Å². The van der Waals surface area contributed by atoms with Gasteiger partial charge in [-0.2, -0.15) is 0 Å². The van der Waals surface area contributed by atoms with Crippen molar-refractivity contribution in [2.24, 2.45) is 0 Å². The fraction of sp³-hybridized carbons (Fsp3) is 0.333. The molecule has 0 aromatic heterocycles. The van der Waals surface area contributed by atoms with E-state index in [1.807, 2.05) is 0 Å². The molecule has 0 atom stereocenters. The van der Waals surface area contributed by atoms with Crippen LogP contribution in [0.25, 0.3) is 0 Å². The van der Waals surface area contributed by atoms with Gasteiger partial charge in [0.1, 0.15) is 13.2 Å². The number of amides is 2. The van der Waals surface area contributed by atoms with E-state index in [4.69, 9.17) is 14.2 Å². The third-order valence-electron chi connectivity index (χ3n) is 5.10. The van der Waals surface area contributed by atoms with Gasteiger partial charge in [-0.05, 0) is 30.3 Å². The summed E-state index contributed by atoms with van der Waals surface area (Å²) < 4.78 is 43.0. The number of methoxy groups -OCH3 is 1. The van der Waals surface area contributed by atoms with Crippen LogP contribution in [-0.2, 0) is 0 Å². The van der Waals surface area contributed by atoms with E-state index in [1.54, 1.807) is 17.0 Å². The standard InChI is InChI=1S/C21H20F2N2O5/c1-28-17-11-14(12-18-19(17)30-9-8-29-18)21(27)25-6-4-24(5-7-25)20(26)13-2-3-15(22)16(23)10-13/h2-3,10-12H,4-9H2,1H3. The summed E-state index contributed by atoms with van der Waals surface area (Å²) in [6.07, 6.45) is 0. The van der Waals surface area contributed by atoms with Crippen LogP contribution in [0, 0.1) is 11.6 Å². The van der Waals surface area contributed by atoms with E-state index in [0.29, 0.717) is 49.1 Å². The molecule has 2 aromatic carbocycles. The van der Waals surface area contributed by atoms with Gasteiger partial charge in [0.15, 0.2) is 23.1 Å². The quantitative estimate of drug-likeness (QED) is 0.766. The summed E-state index contributed by atoms with van der Waals surface area (Å²) in [5, 5.41) is 0. The van der Waals surface area contributed by atoms with Crippen LogP contribution in [-0.4, -0.2) is 68.1 Å². The van der Waals surface area contributed by atoms with Crippen LogP contribution in [0.3, 0.4) is 0 Å². The molecule has 2 aromatic rings. The summed E-state index contributed by atoms with van der Waals surface area (Å²) in [5.74, 6) is -1.34. The largest absolute Gasteiger partial charge is 0.493 e. The topological polar surface area (TPSA) is 68.3 Å². The number of piperazine rings is 1. The number of carbonyl (C=O) groups is 2. The Morgan fingerprint density at radius 1 is 0.867 bits per heavy atom. The molecule has 1 saturated heterocycles. The number of ether oxygens (including phenoxy) is 3. The highest BCUT2D eigenvalue weighted by molar-refractivity contribution is 5.97. The molecule has 9 heteroatoms.